The SMILES string of the molecule is Nc1cc(F)c(Nc2cccc(F)c2)c2ncccc12. The van der Waals surface area contributed by atoms with E-state index < -0.39 is 11.6 Å². The van der Waals surface area contributed by atoms with Gasteiger partial charge in [-0.25, -0.2) is 8.78 Å². The Labute approximate surface area is 114 Å². The summed E-state index contributed by atoms with van der Waals surface area (Å²) in [5, 5.41) is 3.50. The van der Waals surface area contributed by atoms with Gasteiger partial charge in [-0.1, -0.05) is 6.07 Å². The summed E-state index contributed by atoms with van der Waals surface area (Å²) in [5.41, 5.74) is 7.13. The minimum Gasteiger partial charge on any atom is -0.398 e. The Morgan fingerprint density at radius 1 is 1.05 bits per heavy atom. The lowest BCUT2D eigenvalue weighted by Gasteiger charge is -2.12. The van der Waals surface area contributed by atoms with Gasteiger partial charge in [-0.3, -0.25) is 4.98 Å². The summed E-state index contributed by atoms with van der Waals surface area (Å²) in [6.07, 6.45) is 1.55. The number of nitrogens with two attached hydrogens (primary N) is 1. The molecule has 0 spiro atoms. The number of benzene rings is 2. The topological polar surface area (TPSA) is 50.9 Å². The summed E-state index contributed by atoms with van der Waals surface area (Å²) in [7, 11) is 0. The van der Waals surface area contributed by atoms with Crippen LogP contribution in [0.1, 0.15) is 0 Å². The summed E-state index contributed by atoms with van der Waals surface area (Å²) >= 11 is 0. The highest BCUT2D eigenvalue weighted by Crippen LogP contribution is 2.31. The van der Waals surface area contributed by atoms with Crippen LogP contribution in [0.4, 0.5) is 25.8 Å². The van der Waals surface area contributed by atoms with E-state index in [0.717, 1.165) is 0 Å². The first kappa shape index (κ1) is 12.3. The molecule has 0 bridgehead atoms. The summed E-state index contributed by atoms with van der Waals surface area (Å²) in [5.74, 6) is -0.930. The maximum absolute atomic E-state index is 14.1. The molecule has 0 atom stereocenters. The van der Waals surface area contributed by atoms with Crippen LogP contribution in [0.15, 0.2) is 48.7 Å². The molecular formula is C15H11F2N3. The fourth-order valence-electron chi connectivity index (χ4n) is 2.07. The first-order chi connectivity index (χ1) is 9.65. The molecule has 3 N–H and O–H groups in total. The standard InChI is InChI=1S/C15H11F2N3/c16-9-3-1-4-10(7-9)20-15-12(17)8-13(18)11-5-2-6-19-14(11)15/h1-8,20H,18H2. The van der Waals surface area contributed by atoms with Gasteiger partial charge in [0.15, 0.2) is 5.82 Å². The number of hydrogen-bond donors (Lipinski definition) is 2. The normalized spacial score (nSPS) is 10.7. The second-order valence-corrected chi connectivity index (χ2v) is 4.36. The molecule has 0 saturated carbocycles. The predicted molar refractivity (Wildman–Crippen MR) is 75.8 cm³/mol. The first-order valence-corrected chi connectivity index (χ1v) is 6.00. The van der Waals surface area contributed by atoms with Gasteiger partial charge in [-0.2, -0.15) is 0 Å². The largest absolute Gasteiger partial charge is 0.398 e. The van der Waals surface area contributed by atoms with Gasteiger partial charge in [-0.15, -0.1) is 0 Å². The molecule has 0 aliphatic rings. The Morgan fingerprint density at radius 3 is 2.70 bits per heavy atom. The van der Waals surface area contributed by atoms with Crippen molar-refractivity contribution < 1.29 is 8.78 Å². The van der Waals surface area contributed by atoms with E-state index in [1.165, 1.54) is 18.2 Å². The van der Waals surface area contributed by atoms with Crippen LogP contribution in [0.2, 0.25) is 0 Å². The number of fused-ring (bicyclic) bond motifs is 1. The number of nitrogen functional groups attached to an aromatic ring is 1. The average molecular weight is 271 g/mol. The third-order valence-corrected chi connectivity index (χ3v) is 2.97. The van der Waals surface area contributed by atoms with Crippen LogP contribution in [0, 0.1) is 11.6 Å². The smallest absolute Gasteiger partial charge is 0.150 e. The van der Waals surface area contributed by atoms with Crippen LogP contribution < -0.4 is 11.1 Å². The van der Waals surface area contributed by atoms with Crippen molar-refractivity contribution >= 4 is 28.0 Å². The zero-order chi connectivity index (χ0) is 14.1. The van der Waals surface area contributed by atoms with Gasteiger partial charge in [0.1, 0.15) is 11.5 Å². The molecule has 2 aromatic carbocycles. The molecule has 5 heteroatoms. The van der Waals surface area contributed by atoms with E-state index in [-0.39, 0.29) is 5.69 Å². The molecule has 100 valence electrons. The fourth-order valence-corrected chi connectivity index (χ4v) is 2.07. The van der Waals surface area contributed by atoms with E-state index in [1.54, 1.807) is 30.5 Å². The average Bonchev–Trinajstić information content (AvgIpc) is 2.43. The number of anilines is 3. The van der Waals surface area contributed by atoms with Crippen molar-refractivity contribution in [2.24, 2.45) is 0 Å². The third-order valence-electron chi connectivity index (χ3n) is 2.97. The van der Waals surface area contributed by atoms with Gasteiger partial charge in [-0.05, 0) is 36.4 Å². The first-order valence-electron chi connectivity index (χ1n) is 6.00. The Bertz CT molecular complexity index is 787. The van der Waals surface area contributed by atoms with E-state index in [2.05, 4.69) is 10.3 Å². The highest BCUT2D eigenvalue weighted by Gasteiger charge is 2.12. The van der Waals surface area contributed by atoms with Crippen molar-refractivity contribution in [1.29, 1.82) is 0 Å². The van der Waals surface area contributed by atoms with Crippen molar-refractivity contribution in [3.8, 4) is 0 Å². The van der Waals surface area contributed by atoms with E-state index in [4.69, 9.17) is 5.73 Å². The lowest BCUT2D eigenvalue weighted by atomic mass is 10.1. The molecule has 0 fully saturated rings. The minimum absolute atomic E-state index is 0.181. The van der Waals surface area contributed by atoms with E-state index in [0.29, 0.717) is 22.3 Å². The van der Waals surface area contributed by atoms with Gasteiger partial charge >= 0.3 is 0 Å². The molecule has 0 aliphatic heterocycles. The molecule has 0 aliphatic carbocycles. The Balaban J connectivity index is 2.16. The molecule has 0 unspecified atom stereocenters. The highest BCUT2D eigenvalue weighted by molar-refractivity contribution is 5.99. The molecule has 1 aromatic heterocycles. The number of nitrogens with one attached hydrogen (secondary N) is 1. The van der Waals surface area contributed by atoms with Crippen LogP contribution in [0.5, 0.6) is 0 Å². The number of hydrogen-bond acceptors (Lipinski definition) is 3. The van der Waals surface area contributed by atoms with Crippen molar-refractivity contribution in [3.63, 3.8) is 0 Å². The summed E-state index contributed by atoms with van der Waals surface area (Å²) in [6, 6.07) is 10.5. The zero-order valence-corrected chi connectivity index (χ0v) is 10.4. The molecule has 3 aromatic rings. The van der Waals surface area contributed by atoms with Crippen molar-refractivity contribution in [3.05, 3.63) is 60.3 Å². The van der Waals surface area contributed by atoms with E-state index >= 15 is 0 Å². The molecular weight excluding hydrogens is 260 g/mol. The summed E-state index contributed by atoms with van der Waals surface area (Å²) in [6.45, 7) is 0. The van der Waals surface area contributed by atoms with Crippen molar-refractivity contribution in [2.75, 3.05) is 11.1 Å². The minimum atomic E-state index is -0.530. The summed E-state index contributed by atoms with van der Waals surface area (Å²) < 4.78 is 27.3. The second kappa shape index (κ2) is 4.77. The quantitative estimate of drug-likeness (QED) is 0.696. The van der Waals surface area contributed by atoms with Crippen LogP contribution >= 0.6 is 0 Å². The number of halogens is 2. The van der Waals surface area contributed by atoms with Gasteiger partial charge in [0, 0.05) is 23.0 Å². The predicted octanol–water partition coefficient (Wildman–Crippen LogP) is 3.84. The van der Waals surface area contributed by atoms with Gasteiger partial charge in [0.2, 0.25) is 0 Å². The Morgan fingerprint density at radius 2 is 1.90 bits per heavy atom. The maximum atomic E-state index is 14.1. The molecule has 3 nitrogen and oxygen atoms in total. The van der Waals surface area contributed by atoms with E-state index in [1.807, 2.05) is 0 Å². The number of rotatable bonds is 2. The molecule has 0 amide bonds. The number of pyridine rings is 1. The lowest BCUT2D eigenvalue weighted by molar-refractivity contribution is 0.627. The third kappa shape index (κ3) is 2.14. The molecule has 1 heterocycles. The molecule has 3 rings (SSSR count). The van der Waals surface area contributed by atoms with Crippen LogP contribution in [0.3, 0.4) is 0 Å². The monoisotopic (exact) mass is 271 g/mol. The van der Waals surface area contributed by atoms with Crippen molar-refractivity contribution in [2.45, 2.75) is 0 Å². The van der Waals surface area contributed by atoms with E-state index in [9.17, 15) is 8.78 Å². The van der Waals surface area contributed by atoms with Crippen LogP contribution in [0.25, 0.3) is 10.9 Å². The van der Waals surface area contributed by atoms with Gasteiger partial charge in [0.05, 0.1) is 5.52 Å². The Hall–Kier alpha value is -2.69. The van der Waals surface area contributed by atoms with Gasteiger partial charge in [0.25, 0.3) is 0 Å². The van der Waals surface area contributed by atoms with Crippen molar-refractivity contribution in [1.82, 2.24) is 4.98 Å². The number of nitrogens with zero attached hydrogens (tertiary/aromatic N) is 1. The molecule has 20 heavy (non-hydrogen) atoms. The fraction of sp³-hybridized carbons (Fsp3) is 0. The second-order valence-electron chi connectivity index (χ2n) is 4.36. The highest BCUT2D eigenvalue weighted by atomic mass is 19.1. The van der Waals surface area contributed by atoms with Crippen LogP contribution in [-0.2, 0) is 0 Å². The molecule has 0 saturated heterocycles. The Kier molecular flexibility index (Phi) is 2.95. The number of aromatic nitrogens is 1. The maximum Gasteiger partial charge on any atom is 0.150 e. The molecule has 0 radical (unpaired) electrons. The van der Waals surface area contributed by atoms with Crippen LogP contribution in [-0.4, -0.2) is 4.98 Å². The summed E-state index contributed by atoms with van der Waals surface area (Å²) in [4.78, 5) is 4.15. The lowest BCUT2D eigenvalue weighted by Crippen LogP contribution is -1.99. The zero-order valence-electron chi connectivity index (χ0n) is 10.4. The van der Waals surface area contributed by atoms with Gasteiger partial charge < -0.3 is 11.1 Å².